The predicted molar refractivity (Wildman–Crippen MR) is 80.2 cm³/mol. The number of aryl methyl sites for hydroxylation is 1. The molecule has 0 saturated carbocycles. The number of carbonyl (C=O) groups is 1. The molecule has 0 atom stereocenters. The minimum atomic E-state index is -1.16. The molecule has 0 aromatic heterocycles. The molecule has 5 heteroatoms. The Morgan fingerprint density at radius 2 is 1.90 bits per heavy atom. The molecule has 5 nitrogen and oxygen atoms in total. The van der Waals surface area contributed by atoms with Crippen LogP contribution >= 0.6 is 0 Å². The van der Waals surface area contributed by atoms with Crippen molar-refractivity contribution in [3.63, 3.8) is 0 Å². The Hall–Kier alpha value is -2.69. The Balaban J connectivity index is 1.85. The van der Waals surface area contributed by atoms with Gasteiger partial charge in [0, 0.05) is 12.2 Å². The fraction of sp³-hybridized carbons (Fsp3) is 0.188. The number of ether oxygens (including phenoxy) is 1. The van der Waals surface area contributed by atoms with Crippen molar-refractivity contribution in [1.29, 1.82) is 0 Å². The summed E-state index contributed by atoms with van der Waals surface area (Å²) in [5.74, 6) is -0.615. The molecule has 2 rings (SSSR count). The van der Waals surface area contributed by atoms with Gasteiger partial charge >= 0.3 is 5.97 Å². The summed E-state index contributed by atoms with van der Waals surface area (Å²) in [7, 11) is 0. The molecule has 2 aromatic carbocycles. The number of hydrogen-bond acceptors (Lipinski definition) is 4. The fourth-order valence-corrected chi connectivity index (χ4v) is 1.82. The van der Waals surface area contributed by atoms with Crippen LogP contribution in [0.5, 0.6) is 11.5 Å². The second kappa shape index (κ2) is 6.65. The average molecular weight is 287 g/mol. The molecule has 3 N–H and O–H groups in total. The SMILES string of the molecule is Cc1ccc(OCCNc2ccc(O)c(C(=O)O)c2)cc1. The zero-order valence-corrected chi connectivity index (χ0v) is 11.7. The van der Waals surface area contributed by atoms with Crippen molar-refractivity contribution in [2.24, 2.45) is 0 Å². The summed E-state index contributed by atoms with van der Waals surface area (Å²) in [6.07, 6.45) is 0. The molecular formula is C16H17NO4. The first-order valence-electron chi connectivity index (χ1n) is 6.56. The van der Waals surface area contributed by atoms with Gasteiger partial charge in [0.15, 0.2) is 0 Å². The Labute approximate surface area is 122 Å². The predicted octanol–water partition coefficient (Wildman–Crippen LogP) is 2.89. The number of aromatic carboxylic acids is 1. The van der Waals surface area contributed by atoms with E-state index in [4.69, 9.17) is 9.84 Å². The van der Waals surface area contributed by atoms with Gasteiger partial charge in [0.25, 0.3) is 0 Å². The molecule has 0 spiro atoms. The second-order valence-electron chi connectivity index (χ2n) is 4.63. The molecule has 2 aromatic rings. The van der Waals surface area contributed by atoms with Gasteiger partial charge in [0.1, 0.15) is 23.7 Å². The Morgan fingerprint density at radius 3 is 2.57 bits per heavy atom. The third-order valence-electron chi connectivity index (χ3n) is 2.95. The van der Waals surface area contributed by atoms with Crippen LogP contribution in [0.4, 0.5) is 5.69 Å². The first-order chi connectivity index (χ1) is 10.1. The number of benzene rings is 2. The normalized spacial score (nSPS) is 10.1. The topological polar surface area (TPSA) is 78.8 Å². The van der Waals surface area contributed by atoms with Crippen LogP contribution in [-0.4, -0.2) is 29.3 Å². The van der Waals surface area contributed by atoms with Crippen molar-refractivity contribution in [3.8, 4) is 11.5 Å². The van der Waals surface area contributed by atoms with E-state index in [0.29, 0.717) is 18.8 Å². The van der Waals surface area contributed by atoms with E-state index in [1.807, 2.05) is 31.2 Å². The van der Waals surface area contributed by atoms with Gasteiger partial charge in [-0.15, -0.1) is 0 Å². The minimum absolute atomic E-state index is 0.126. The molecule has 0 radical (unpaired) electrons. The first kappa shape index (κ1) is 14.7. The van der Waals surface area contributed by atoms with Crippen LogP contribution in [-0.2, 0) is 0 Å². The number of aromatic hydroxyl groups is 1. The van der Waals surface area contributed by atoms with E-state index in [-0.39, 0.29) is 11.3 Å². The van der Waals surface area contributed by atoms with E-state index in [9.17, 15) is 9.90 Å². The highest BCUT2D eigenvalue weighted by atomic mass is 16.5. The lowest BCUT2D eigenvalue weighted by Crippen LogP contribution is -2.12. The standard InChI is InChI=1S/C16H17NO4/c1-11-2-5-13(6-3-11)21-9-8-17-12-4-7-15(18)14(10-12)16(19)20/h2-7,10,17-18H,8-9H2,1H3,(H,19,20). The van der Waals surface area contributed by atoms with E-state index in [2.05, 4.69) is 5.32 Å². The fourth-order valence-electron chi connectivity index (χ4n) is 1.82. The van der Waals surface area contributed by atoms with E-state index >= 15 is 0 Å². The van der Waals surface area contributed by atoms with E-state index in [1.54, 1.807) is 6.07 Å². The summed E-state index contributed by atoms with van der Waals surface area (Å²) in [6, 6.07) is 12.1. The third kappa shape index (κ3) is 4.14. The molecule has 110 valence electrons. The van der Waals surface area contributed by atoms with Crippen molar-refractivity contribution in [2.45, 2.75) is 6.92 Å². The molecule has 0 fully saturated rings. The molecular weight excluding hydrogens is 270 g/mol. The summed E-state index contributed by atoms with van der Waals surface area (Å²) in [5, 5.41) is 21.4. The monoisotopic (exact) mass is 287 g/mol. The van der Waals surface area contributed by atoms with Crippen LogP contribution < -0.4 is 10.1 Å². The van der Waals surface area contributed by atoms with Gasteiger partial charge in [-0.2, -0.15) is 0 Å². The van der Waals surface area contributed by atoms with E-state index in [1.165, 1.54) is 17.7 Å². The largest absolute Gasteiger partial charge is 0.507 e. The Bertz CT molecular complexity index is 623. The van der Waals surface area contributed by atoms with Crippen LogP contribution in [0.1, 0.15) is 15.9 Å². The Morgan fingerprint density at radius 1 is 1.19 bits per heavy atom. The smallest absolute Gasteiger partial charge is 0.339 e. The number of nitrogens with one attached hydrogen (secondary N) is 1. The lowest BCUT2D eigenvalue weighted by Gasteiger charge is -2.10. The van der Waals surface area contributed by atoms with Crippen LogP contribution in [0.25, 0.3) is 0 Å². The van der Waals surface area contributed by atoms with Gasteiger partial charge in [-0.25, -0.2) is 4.79 Å². The van der Waals surface area contributed by atoms with Gasteiger partial charge in [0.05, 0.1) is 0 Å². The molecule has 0 bridgehead atoms. The summed E-state index contributed by atoms with van der Waals surface area (Å²) in [6.45, 7) is 2.99. The van der Waals surface area contributed by atoms with Crippen LogP contribution in [0.2, 0.25) is 0 Å². The number of phenols is 1. The lowest BCUT2D eigenvalue weighted by molar-refractivity contribution is 0.0694. The molecule has 0 aliphatic carbocycles. The van der Waals surface area contributed by atoms with Gasteiger partial charge in [0.2, 0.25) is 0 Å². The van der Waals surface area contributed by atoms with Gasteiger partial charge in [-0.1, -0.05) is 17.7 Å². The van der Waals surface area contributed by atoms with Gasteiger partial charge < -0.3 is 20.3 Å². The number of rotatable bonds is 6. The molecule has 0 unspecified atom stereocenters. The maximum Gasteiger partial charge on any atom is 0.339 e. The highest BCUT2D eigenvalue weighted by molar-refractivity contribution is 5.91. The van der Waals surface area contributed by atoms with E-state index in [0.717, 1.165) is 5.75 Å². The van der Waals surface area contributed by atoms with Crippen LogP contribution in [0.15, 0.2) is 42.5 Å². The number of carboxylic acids is 1. The number of hydrogen-bond donors (Lipinski definition) is 3. The third-order valence-corrected chi connectivity index (χ3v) is 2.95. The summed E-state index contributed by atoms with van der Waals surface area (Å²) in [5.41, 5.74) is 1.67. The summed E-state index contributed by atoms with van der Waals surface area (Å²) < 4.78 is 5.56. The molecule has 0 amide bonds. The van der Waals surface area contributed by atoms with Crippen LogP contribution in [0.3, 0.4) is 0 Å². The van der Waals surface area contributed by atoms with Crippen molar-refractivity contribution in [1.82, 2.24) is 0 Å². The van der Waals surface area contributed by atoms with Crippen molar-refractivity contribution >= 4 is 11.7 Å². The van der Waals surface area contributed by atoms with Crippen molar-refractivity contribution in [2.75, 3.05) is 18.5 Å². The zero-order valence-electron chi connectivity index (χ0n) is 11.7. The van der Waals surface area contributed by atoms with Crippen LogP contribution in [0, 0.1) is 6.92 Å². The molecule has 21 heavy (non-hydrogen) atoms. The number of anilines is 1. The molecule has 0 aliphatic rings. The highest BCUT2D eigenvalue weighted by Gasteiger charge is 2.09. The molecule has 0 aliphatic heterocycles. The van der Waals surface area contributed by atoms with Gasteiger partial charge in [-0.3, -0.25) is 0 Å². The zero-order chi connectivity index (χ0) is 15.2. The summed E-state index contributed by atoms with van der Waals surface area (Å²) >= 11 is 0. The Kier molecular flexibility index (Phi) is 4.66. The molecule has 0 saturated heterocycles. The molecule has 0 heterocycles. The number of carboxylic acid groups (broad SMARTS) is 1. The highest BCUT2D eigenvalue weighted by Crippen LogP contribution is 2.21. The summed E-state index contributed by atoms with van der Waals surface area (Å²) in [4.78, 5) is 10.9. The maximum atomic E-state index is 10.9. The lowest BCUT2D eigenvalue weighted by atomic mass is 10.2. The minimum Gasteiger partial charge on any atom is -0.507 e. The van der Waals surface area contributed by atoms with Crippen molar-refractivity contribution in [3.05, 3.63) is 53.6 Å². The maximum absolute atomic E-state index is 10.9. The van der Waals surface area contributed by atoms with Gasteiger partial charge in [-0.05, 0) is 37.3 Å². The van der Waals surface area contributed by atoms with E-state index < -0.39 is 5.97 Å². The second-order valence-corrected chi connectivity index (χ2v) is 4.63. The first-order valence-corrected chi connectivity index (χ1v) is 6.56. The quantitative estimate of drug-likeness (QED) is 0.562. The van der Waals surface area contributed by atoms with Crippen molar-refractivity contribution < 1.29 is 19.7 Å². The average Bonchev–Trinajstić information content (AvgIpc) is 2.46.